The minimum atomic E-state index is -0.307. The number of carbonyl (C=O) groups is 1. The van der Waals surface area contributed by atoms with Gasteiger partial charge in [0.05, 0.1) is 5.52 Å². The Bertz CT molecular complexity index is 865. The lowest BCUT2D eigenvalue weighted by atomic mass is 10.1. The van der Waals surface area contributed by atoms with E-state index < -0.39 is 0 Å². The maximum atomic E-state index is 13.5. The van der Waals surface area contributed by atoms with E-state index in [9.17, 15) is 9.18 Å². The lowest BCUT2D eigenvalue weighted by Crippen LogP contribution is -2.16. The molecule has 0 aliphatic heterocycles. The maximum absolute atomic E-state index is 13.5. The van der Waals surface area contributed by atoms with Crippen LogP contribution in [0, 0.1) is 12.7 Å². The minimum absolute atomic E-state index is 0.0741. The smallest absolute Gasteiger partial charge is 0.226 e. The Morgan fingerprint density at radius 3 is 2.71 bits per heavy atom. The van der Waals surface area contributed by atoms with Crippen molar-refractivity contribution in [1.29, 1.82) is 0 Å². The number of rotatable bonds is 5. The second-order valence-electron chi connectivity index (χ2n) is 5.56. The standard InChI is InChI=1S/C19H18FN3O/c1-13-11-18(16-12-14(20)7-8-17(16)22-13)21-10-9-19(24)23-15-5-3-2-4-6-15/h2-8,11-12H,9-10H2,1H3,(H,21,22)(H,23,24). The van der Waals surface area contributed by atoms with Crippen molar-refractivity contribution in [2.75, 3.05) is 17.2 Å². The first-order valence-corrected chi connectivity index (χ1v) is 7.77. The SMILES string of the molecule is Cc1cc(NCCC(=O)Nc2ccccc2)c2cc(F)ccc2n1. The predicted molar refractivity (Wildman–Crippen MR) is 94.6 cm³/mol. The Kier molecular flexibility index (Phi) is 4.70. The van der Waals surface area contributed by atoms with Gasteiger partial charge < -0.3 is 10.6 Å². The van der Waals surface area contributed by atoms with Crippen LogP contribution in [0.15, 0.2) is 54.6 Å². The minimum Gasteiger partial charge on any atom is -0.384 e. The van der Waals surface area contributed by atoms with E-state index in [1.165, 1.54) is 12.1 Å². The van der Waals surface area contributed by atoms with E-state index in [4.69, 9.17) is 0 Å². The summed E-state index contributed by atoms with van der Waals surface area (Å²) in [6, 6.07) is 15.7. The fourth-order valence-electron chi connectivity index (χ4n) is 2.53. The van der Waals surface area contributed by atoms with Gasteiger partial charge in [0.15, 0.2) is 0 Å². The number of para-hydroxylation sites is 1. The summed E-state index contributed by atoms with van der Waals surface area (Å²) in [5.74, 6) is -0.381. The molecule has 0 radical (unpaired) electrons. The first kappa shape index (κ1) is 15.9. The summed E-state index contributed by atoms with van der Waals surface area (Å²) in [5, 5.41) is 6.75. The van der Waals surface area contributed by atoms with E-state index in [0.717, 1.165) is 22.6 Å². The van der Waals surface area contributed by atoms with Crippen molar-refractivity contribution in [3.05, 3.63) is 66.1 Å². The number of fused-ring (bicyclic) bond motifs is 1. The number of halogens is 1. The van der Waals surface area contributed by atoms with E-state index in [1.807, 2.05) is 43.3 Å². The summed E-state index contributed by atoms with van der Waals surface area (Å²) in [6.45, 7) is 2.34. The molecule has 0 bridgehead atoms. The van der Waals surface area contributed by atoms with Crippen LogP contribution in [0.1, 0.15) is 12.1 Å². The Balaban J connectivity index is 1.65. The average molecular weight is 323 g/mol. The summed E-state index contributed by atoms with van der Waals surface area (Å²) in [6.07, 6.45) is 0.313. The zero-order chi connectivity index (χ0) is 16.9. The lowest BCUT2D eigenvalue weighted by molar-refractivity contribution is -0.115. The number of amides is 1. The van der Waals surface area contributed by atoms with Crippen LogP contribution in [0.2, 0.25) is 0 Å². The topological polar surface area (TPSA) is 54.0 Å². The molecule has 0 saturated heterocycles. The second-order valence-corrected chi connectivity index (χ2v) is 5.56. The van der Waals surface area contributed by atoms with Crippen LogP contribution in [0.25, 0.3) is 10.9 Å². The van der Waals surface area contributed by atoms with E-state index in [0.29, 0.717) is 18.4 Å². The van der Waals surface area contributed by atoms with Crippen LogP contribution in [-0.4, -0.2) is 17.4 Å². The number of pyridine rings is 1. The molecule has 0 atom stereocenters. The zero-order valence-electron chi connectivity index (χ0n) is 13.3. The Morgan fingerprint density at radius 2 is 1.92 bits per heavy atom. The van der Waals surface area contributed by atoms with Crippen molar-refractivity contribution in [2.45, 2.75) is 13.3 Å². The van der Waals surface area contributed by atoms with Gasteiger partial charge in [-0.15, -0.1) is 0 Å². The third-order valence-corrected chi connectivity index (χ3v) is 3.62. The van der Waals surface area contributed by atoms with E-state index in [1.54, 1.807) is 6.07 Å². The maximum Gasteiger partial charge on any atom is 0.226 e. The normalized spacial score (nSPS) is 10.6. The Morgan fingerprint density at radius 1 is 1.12 bits per heavy atom. The fraction of sp³-hybridized carbons (Fsp3) is 0.158. The highest BCUT2D eigenvalue weighted by Gasteiger charge is 2.07. The van der Waals surface area contributed by atoms with Gasteiger partial charge in [0.1, 0.15) is 5.82 Å². The van der Waals surface area contributed by atoms with Gasteiger partial charge in [-0.25, -0.2) is 4.39 Å². The monoisotopic (exact) mass is 323 g/mol. The summed E-state index contributed by atoms with van der Waals surface area (Å²) in [7, 11) is 0. The highest BCUT2D eigenvalue weighted by molar-refractivity contribution is 5.93. The number of nitrogens with one attached hydrogen (secondary N) is 2. The van der Waals surface area contributed by atoms with Crippen LogP contribution in [0.5, 0.6) is 0 Å². The van der Waals surface area contributed by atoms with Crippen LogP contribution in [0.3, 0.4) is 0 Å². The van der Waals surface area contributed by atoms with Gasteiger partial charge in [0.2, 0.25) is 5.91 Å². The van der Waals surface area contributed by atoms with E-state index in [-0.39, 0.29) is 11.7 Å². The summed E-state index contributed by atoms with van der Waals surface area (Å²) in [5.41, 5.74) is 3.12. The number of hydrogen-bond donors (Lipinski definition) is 2. The summed E-state index contributed by atoms with van der Waals surface area (Å²) >= 11 is 0. The number of carbonyl (C=O) groups excluding carboxylic acids is 1. The average Bonchev–Trinajstić information content (AvgIpc) is 2.56. The first-order chi connectivity index (χ1) is 11.6. The summed E-state index contributed by atoms with van der Waals surface area (Å²) in [4.78, 5) is 16.4. The number of nitrogens with zero attached hydrogens (tertiary/aromatic N) is 1. The highest BCUT2D eigenvalue weighted by Crippen LogP contribution is 2.24. The number of hydrogen-bond acceptors (Lipinski definition) is 3. The molecule has 4 nitrogen and oxygen atoms in total. The third-order valence-electron chi connectivity index (χ3n) is 3.62. The quantitative estimate of drug-likeness (QED) is 0.742. The highest BCUT2D eigenvalue weighted by atomic mass is 19.1. The number of benzene rings is 2. The van der Waals surface area contributed by atoms with Gasteiger partial charge in [0, 0.05) is 35.4 Å². The second kappa shape index (κ2) is 7.08. The van der Waals surface area contributed by atoms with Gasteiger partial charge in [-0.05, 0) is 43.3 Å². The van der Waals surface area contributed by atoms with Gasteiger partial charge in [-0.1, -0.05) is 18.2 Å². The molecule has 122 valence electrons. The predicted octanol–water partition coefficient (Wildman–Crippen LogP) is 4.12. The van der Waals surface area contributed by atoms with E-state index in [2.05, 4.69) is 15.6 Å². The molecule has 0 fully saturated rings. The molecular formula is C19H18FN3O. The number of aryl methyl sites for hydroxylation is 1. The van der Waals surface area contributed by atoms with Crippen molar-refractivity contribution in [3.8, 4) is 0 Å². The molecule has 1 heterocycles. The zero-order valence-corrected chi connectivity index (χ0v) is 13.3. The first-order valence-electron chi connectivity index (χ1n) is 7.77. The van der Waals surface area contributed by atoms with Crippen molar-refractivity contribution in [2.24, 2.45) is 0 Å². The molecule has 2 aromatic carbocycles. The van der Waals surface area contributed by atoms with Crippen molar-refractivity contribution < 1.29 is 9.18 Å². The lowest BCUT2D eigenvalue weighted by Gasteiger charge is -2.11. The molecule has 24 heavy (non-hydrogen) atoms. The molecule has 0 saturated carbocycles. The van der Waals surface area contributed by atoms with Gasteiger partial charge >= 0.3 is 0 Å². The molecule has 0 spiro atoms. The Labute approximate surface area is 139 Å². The fourth-order valence-corrected chi connectivity index (χ4v) is 2.53. The molecular weight excluding hydrogens is 305 g/mol. The van der Waals surface area contributed by atoms with Crippen LogP contribution >= 0.6 is 0 Å². The van der Waals surface area contributed by atoms with Gasteiger partial charge in [0.25, 0.3) is 0 Å². The Hall–Kier alpha value is -2.95. The van der Waals surface area contributed by atoms with Crippen molar-refractivity contribution in [1.82, 2.24) is 4.98 Å². The molecule has 1 aromatic heterocycles. The van der Waals surface area contributed by atoms with Crippen molar-refractivity contribution >= 4 is 28.2 Å². The third kappa shape index (κ3) is 3.87. The molecule has 5 heteroatoms. The molecule has 0 unspecified atom stereocenters. The van der Waals surface area contributed by atoms with Gasteiger partial charge in [-0.3, -0.25) is 9.78 Å². The molecule has 3 rings (SSSR count). The van der Waals surface area contributed by atoms with Crippen LogP contribution in [-0.2, 0) is 4.79 Å². The van der Waals surface area contributed by atoms with E-state index >= 15 is 0 Å². The number of anilines is 2. The molecule has 0 aliphatic carbocycles. The molecule has 3 aromatic rings. The molecule has 0 aliphatic rings. The largest absolute Gasteiger partial charge is 0.384 e. The molecule has 1 amide bonds. The summed E-state index contributed by atoms with van der Waals surface area (Å²) < 4.78 is 13.5. The number of aromatic nitrogens is 1. The van der Waals surface area contributed by atoms with Crippen LogP contribution < -0.4 is 10.6 Å². The molecule has 2 N–H and O–H groups in total. The van der Waals surface area contributed by atoms with Crippen molar-refractivity contribution in [3.63, 3.8) is 0 Å². The van der Waals surface area contributed by atoms with Gasteiger partial charge in [-0.2, -0.15) is 0 Å². The van der Waals surface area contributed by atoms with Crippen LogP contribution in [0.4, 0.5) is 15.8 Å².